The van der Waals surface area contributed by atoms with Gasteiger partial charge in [0.2, 0.25) is 5.91 Å². The summed E-state index contributed by atoms with van der Waals surface area (Å²) in [5.74, 6) is 1.04. The zero-order valence-corrected chi connectivity index (χ0v) is 15.6. The average Bonchev–Trinajstić information content (AvgIpc) is 3.10. The number of anilines is 1. The van der Waals surface area contributed by atoms with Crippen molar-refractivity contribution in [2.24, 2.45) is 5.92 Å². The Kier molecular flexibility index (Phi) is 6.44. The molecule has 0 aromatic carbocycles. The van der Waals surface area contributed by atoms with Gasteiger partial charge < -0.3 is 5.32 Å². The smallest absolute Gasteiger partial charge is 0.229 e. The van der Waals surface area contributed by atoms with Crippen molar-refractivity contribution < 1.29 is 4.79 Å². The van der Waals surface area contributed by atoms with Gasteiger partial charge in [0.25, 0.3) is 0 Å². The van der Waals surface area contributed by atoms with E-state index in [1.54, 1.807) is 17.1 Å². The standard InChI is InChI=1S/C16H17ClN6OS.CH4/c1-9(8-23-11(3)19-10(2)22-23)14(24)21-16-13(17)20-15(25-16)12-5-4-6-18-7-12;/h4-7,9H,8H2,1-3H3,(H,21,24);1H4. The molecule has 0 bridgehead atoms. The van der Waals surface area contributed by atoms with Crippen LogP contribution in [-0.2, 0) is 11.3 Å². The van der Waals surface area contributed by atoms with Crippen molar-refractivity contribution in [1.82, 2.24) is 24.7 Å². The Bertz CT molecular complexity index is 892. The Morgan fingerprint density at radius 1 is 1.38 bits per heavy atom. The molecule has 7 nitrogen and oxygen atoms in total. The number of carbonyl (C=O) groups is 1. The van der Waals surface area contributed by atoms with E-state index in [9.17, 15) is 4.79 Å². The molecular weight excluding hydrogens is 372 g/mol. The van der Waals surface area contributed by atoms with Crippen LogP contribution < -0.4 is 5.32 Å². The first-order valence-electron chi connectivity index (χ1n) is 7.69. The van der Waals surface area contributed by atoms with E-state index < -0.39 is 0 Å². The predicted octanol–water partition coefficient (Wildman–Crippen LogP) is 3.98. The second-order valence-electron chi connectivity index (χ2n) is 5.66. The number of pyridine rings is 1. The monoisotopic (exact) mass is 392 g/mol. The van der Waals surface area contributed by atoms with Gasteiger partial charge in [-0.1, -0.05) is 37.3 Å². The molecule has 3 rings (SSSR count). The highest BCUT2D eigenvalue weighted by Gasteiger charge is 2.19. The summed E-state index contributed by atoms with van der Waals surface area (Å²) in [5, 5.41) is 8.65. The van der Waals surface area contributed by atoms with Crippen molar-refractivity contribution >= 4 is 33.8 Å². The van der Waals surface area contributed by atoms with E-state index in [2.05, 4.69) is 25.4 Å². The molecule has 1 N–H and O–H groups in total. The molecule has 0 aliphatic rings. The second kappa shape index (κ2) is 8.37. The van der Waals surface area contributed by atoms with Crippen LogP contribution in [0.4, 0.5) is 5.00 Å². The number of aryl methyl sites for hydroxylation is 2. The van der Waals surface area contributed by atoms with Gasteiger partial charge in [-0.15, -0.1) is 0 Å². The lowest BCUT2D eigenvalue weighted by atomic mass is 10.1. The van der Waals surface area contributed by atoms with Crippen LogP contribution in [0.5, 0.6) is 0 Å². The van der Waals surface area contributed by atoms with Crippen LogP contribution in [0, 0.1) is 19.8 Å². The van der Waals surface area contributed by atoms with E-state index in [4.69, 9.17) is 11.6 Å². The van der Waals surface area contributed by atoms with E-state index >= 15 is 0 Å². The largest absolute Gasteiger partial charge is 0.315 e. The number of nitrogens with one attached hydrogen (secondary N) is 1. The zero-order chi connectivity index (χ0) is 18.0. The second-order valence-corrected chi connectivity index (χ2v) is 7.02. The minimum absolute atomic E-state index is 0. The summed E-state index contributed by atoms with van der Waals surface area (Å²) in [6.45, 7) is 5.98. The molecule has 1 amide bonds. The van der Waals surface area contributed by atoms with Crippen LogP contribution in [0.15, 0.2) is 24.5 Å². The van der Waals surface area contributed by atoms with E-state index in [1.807, 2.05) is 32.9 Å². The normalized spacial score (nSPS) is 11.7. The van der Waals surface area contributed by atoms with Crippen molar-refractivity contribution in [3.05, 3.63) is 41.3 Å². The van der Waals surface area contributed by atoms with Crippen LogP contribution in [-0.4, -0.2) is 30.6 Å². The molecule has 1 unspecified atom stereocenters. The Balaban J connectivity index is 0.00000243. The van der Waals surface area contributed by atoms with Crippen molar-refractivity contribution in [3.8, 4) is 10.6 Å². The maximum Gasteiger partial charge on any atom is 0.229 e. The maximum atomic E-state index is 12.5. The van der Waals surface area contributed by atoms with Crippen LogP contribution in [0.3, 0.4) is 0 Å². The van der Waals surface area contributed by atoms with Gasteiger partial charge in [-0.25, -0.2) is 14.6 Å². The third kappa shape index (κ3) is 4.44. The van der Waals surface area contributed by atoms with E-state index in [-0.39, 0.29) is 24.4 Å². The fourth-order valence-corrected chi connectivity index (χ4v) is 3.45. The van der Waals surface area contributed by atoms with Gasteiger partial charge in [0.15, 0.2) is 5.15 Å². The molecule has 0 radical (unpaired) electrons. The molecule has 3 aromatic rings. The highest BCUT2D eigenvalue weighted by molar-refractivity contribution is 7.19. The SMILES string of the molecule is C.Cc1nc(C)n(CC(C)C(=O)Nc2sc(-c3cccnc3)nc2Cl)n1. The number of hydrogen-bond donors (Lipinski definition) is 1. The fraction of sp³-hybridized carbons (Fsp3) is 0.353. The van der Waals surface area contributed by atoms with Crippen molar-refractivity contribution in [3.63, 3.8) is 0 Å². The Labute approximate surface area is 161 Å². The van der Waals surface area contributed by atoms with Gasteiger partial charge in [-0.05, 0) is 26.0 Å². The minimum atomic E-state index is -0.292. The van der Waals surface area contributed by atoms with Crippen LogP contribution >= 0.6 is 22.9 Å². The maximum absolute atomic E-state index is 12.5. The van der Waals surface area contributed by atoms with Gasteiger partial charge in [-0.2, -0.15) is 5.10 Å². The number of thiazole rings is 1. The molecule has 3 heterocycles. The molecule has 0 spiro atoms. The average molecular weight is 393 g/mol. The summed E-state index contributed by atoms with van der Waals surface area (Å²) >= 11 is 7.49. The number of nitrogens with zero attached hydrogens (tertiary/aromatic N) is 5. The van der Waals surface area contributed by atoms with Gasteiger partial charge in [0.1, 0.15) is 21.7 Å². The highest BCUT2D eigenvalue weighted by atomic mass is 35.5. The van der Waals surface area contributed by atoms with Crippen molar-refractivity contribution in [2.45, 2.75) is 34.7 Å². The summed E-state index contributed by atoms with van der Waals surface area (Å²) in [6, 6.07) is 3.72. The summed E-state index contributed by atoms with van der Waals surface area (Å²) in [6.07, 6.45) is 3.40. The van der Waals surface area contributed by atoms with E-state index in [0.29, 0.717) is 22.4 Å². The van der Waals surface area contributed by atoms with Crippen molar-refractivity contribution in [1.29, 1.82) is 0 Å². The zero-order valence-electron chi connectivity index (χ0n) is 14.0. The van der Waals surface area contributed by atoms with Gasteiger partial charge >= 0.3 is 0 Å². The van der Waals surface area contributed by atoms with Gasteiger partial charge in [-0.3, -0.25) is 9.78 Å². The quantitative estimate of drug-likeness (QED) is 0.709. The molecule has 0 fully saturated rings. The molecule has 26 heavy (non-hydrogen) atoms. The molecule has 0 saturated carbocycles. The van der Waals surface area contributed by atoms with E-state index in [0.717, 1.165) is 11.4 Å². The third-order valence-electron chi connectivity index (χ3n) is 3.59. The van der Waals surface area contributed by atoms with Crippen molar-refractivity contribution in [2.75, 3.05) is 5.32 Å². The first kappa shape index (κ1) is 20.0. The Morgan fingerprint density at radius 2 is 2.15 bits per heavy atom. The summed E-state index contributed by atoms with van der Waals surface area (Å²) < 4.78 is 1.73. The van der Waals surface area contributed by atoms with E-state index in [1.165, 1.54) is 11.3 Å². The molecule has 138 valence electrons. The highest BCUT2D eigenvalue weighted by Crippen LogP contribution is 2.34. The molecule has 0 saturated heterocycles. The number of halogens is 1. The summed E-state index contributed by atoms with van der Waals surface area (Å²) in [4.78, 5) is 25.1. The third-order valence-corrected chi connectivity index (χ3v) is 4.99. The predicted molar refractivity (Wildman–Crippen MR) is 104 cm³/mol. The fourth-order valence-electron chi connectivity index (χ4n) is 2.30. The lowest BCUT2D eigenvalue weighted by Gasteiger charge is -2.11. The lowest BCUT2D eigenvalue weighted by molar-refractivity contribution is -0.119. The van der Waals surface area contributed by atoms with Crippen LogP contribution in [0.1, 0.15) is 26.0 Å². The first-order valence-corrected chi connectivity index (χ1v) is 8.89. The number of aromatic nitrogens is 5. The number of rotatable bonds is 5. The molecule has 0 aliphatic carbocycles. The van der Waals surface area contributed by atoms with Crippen LogP contribution in [0.25, 0.3) is 10.6 Å². The molecular formula is C17H21ClN6OS. The minimum Gasteiger partial charge on any atom is -0.315 e. The van der Waals surface area contributed by atoms with Gasteiger partial charge in [0, 0.05) is 18.0 Å². The topological polar surface area (TPSA) is 85.6 Å². The number of carbonyl (C=O) groups excluding carboxylic acids is 1. The Hall–Kier alpha value is -2.32. The molecule has 9 heteroatoms. The lowest BCUT2D eigenvalue weighted by Crippen LogP contribution is -2.25. The molecule has 3 aromatic heterocycles. The number of amides is 1. The van der Waals surface area contributed by atoms with Gasteiger partial charge in [0.05, 0.1) is 12.5 Å². The molecule has 1 atom stereocenters. The Morgan fingerprint density at radius 3 is 2.77 bits per heavy atom. The summed E-state index contributed by atoms with van der Waals surface area (Å²) in [5.41, 5.74) is 0.858. The number of hydrogen-bond acceptors (Lipinski definition) is 6. The molecule has 0 aliphatic heterocycles. The summed E-state index contributed by atoms with van der Waals surface area (Å²) in [7, 11) is 0. The van der Waals surface area contributed by atoms with Crippen LogP contribution in [0.2, 0.25) is 5.15 Å². The first-order chi connectivity index (χ1) is 11.9.